The topological polar surface area (TPSA) is 82.5 Å². The van der Waals surface area contributed by atoms with E-state index in [4.69, 9.17) is 9.47 Å². The second-order valence-corrected chi connectivity index (χ2v) is 14.1. The van der Waals surface area contributed by atoms with Gasteiger partial charge in [0.2, 0.25) is 0 Å². The summed E-state index contributed by atoms with van der Waals surface area (Å²) in [5, 5.41) is 10.7. The highest BCUT2D eigenvalue weighted by molar-refractivity contribution is 5.71. The van der Waals surface area contributed by atoms with E-state index in [0.29, 0.717) is 37.5 Å². The van der Waals surface area contributed by atoms with Crippen molar-refractivity contribution in [1.29, 1.82) is 0 Å². The number of hydrogen-bond acceptors (Lipinski definition) is 7. The fraction of sp³-hybridized carbons (Fsp3) is 0.684. The number of esters is 1. The van der Waals surface area contributed by atoms with Crippen LogP contribution in [0.25, 0.3) is 6.08 Å². The van der Waals surface area contributed by atoms with Crippen LogP contribution in [-0.2, 0) is 14.3 Å². The Morgan fingerprint density at radius 3 is 2.36 bits per heavy atom. The van der Waals surface area contributed by atoms with E-state index >= 15 is 4.39 Å². The van der Waals surface area contributed by atoms with Crippen molar-refractivity contribution in [3.8, 4) is 0 Å². The van der Waals surface area contributed by atoms with Gasteiger partial charge in [-0.05, 0) is 94.8 Å². The van der Waals surface area contributed by atoms with Crippen LogP contribution in [0.5, 0.6) is 0 Å². The number of aliphatic hydroxyl groups excluding tert-OH is 1. The van der Waals surface area contributed by atoms with Crippen molar-refractivity contribution < 1.29 is 28.6 Å². The van der Waals surface area contributed by atoms with Gasteiger partial charge in [-0.2, -0.15) is 0 Å². The SMILES string of the molecule is CCCC(CCC)N(c1cc(F)cc(/C=C(\C)[C@H]2OC(=O)C[C@H](O)CC[C@H](C)[C@@H](OC(=O)N3CCN(C)CC3)/C=C/[C@@H]2C)c1)C(C)C. The zero-order valence-electron chi connectivity index (χ0n) is 30.1. The molecular formula is C38H60FN3O5. The normalized spacial score (nSPS) is 26.0. The highest BCUT2D eigenvalue weighted by Crippen LogP contribution is 2.30. The van der Waals surface area contributed by atoms with Crippen LogP contribution in [0.3, 0.4) is 0 Å². The second kappa shape index (κ2) is 18.6. The zero-order valence-corrected chi connectivity index (χ0v) is 30.1. The summed E-state index contributed by atoms with van der Waals surface area (Å²) in [5.74, 6) is -1.13. The third-order valence-electron chi connectivity index (χ3n) is 9.50. The fourth-order valence-electron chi connectivity index (χ4n) is 6.82. The van der Waals surface area contributed by atoms with Gasteiger partial charge in [0.05, 0.1) is 12.5 Å². The summed E-state index contributed by atoms with van der Waals surface area (Å²) in [6.07, 6.45) is 8.39. The summed E-state index contributed by atoms with van der Waals surface area (Å²) in [6, 6.07) is 5.65. The number of hydrogen-bond donors (Lipinski definition) is 1. The number of aliphatic hydroxyl groups is 1. The summed E-state index contributed by atoms with van der Waals surface area (Å²) < 4.78 is 27.2. The van der Waals surface area contributed by atoms with Gasteiger partial charge >= 0.3 is 12.1 Å². The van der Waals surface area contributed by atoms with Crippen LogP contribution in [0, 0.1) is 17.7 Å². The molecule has 1 N–H and O–H groups in total. The molecule has 0 aromatic heterocycles. The quantitative estimate of drug-likeness (QED) is 0.207. The molecule has 264 valence electrons. The van der Waals surface area contributed by atoms with Gasteiger partial charge < -0.3 is 29.3 Å². The number of benzene rings is 1. The van der Waals surface area contributed by atoms with Gasteiger partial charge in [-0.15, -0.1) is 0 Å². The molecule has 1 saturated heterocycles. The van der Waals surface area contributed by atoms with Crippen LogP contribution in [0.15, 0.2) is 35.9 Å². The number of halogens is 1. The minimum atomic E-state index is -0.866. The maximum atomic E-state index is 15.2. The van der Waals surface area contributed by atoms with E-state index in [-0.39, 0.29) is 36.2 Å². The van der Waals surface area contributed by atoms with Gasteiger partial charge in [-0.25, -0.2) is 9.18 Å². The van der Waals surface area contributed by atoms with Gasteiger partial charge in [0.25, 0.3) is 0 Å². The van der Waals surface area contributed by atoms with Crippen LogP contribution < -0.4 is 4.90 Å². The summed E-state index contributed by atoms with van der Waals surface area (Å²) in [7, 11) is 2.04. The molecule has 47 heavy (non-hydrogen) atoms. The standard InChI is InChI=1S/C38H60FN3O5/c1-9-11-32(12-10-2)42(26(3)4)33-23-30(22-31(39)24-33)21-29(7)37-28(6)14-16-35(27(5)13-15-34(43)25-36(44)47-37)46-38(45)41-19-17-40(8)18-20-41/h14,16,21-24,26-28,32,34-35,37,43H,9-13,15,17-20,25H2,1-8H3/b16-14+,29-21+/t27-,28-,34+,35-,37-/m0/s1. The van der Waals surface area contributed by atoms with Gasteiger partial charge in [0, 0.05) is 49.9 Å². The monoisotopic (exact) mass is 657 g/mol. The largest absolute Gasteiger partial charge is 0.457 e. The van der Waals surface area contributed by atoms with E-state index in [2.05, 4.69) is 37.5 Å². The number of carbonyl (C=O) groups is 2. The molecular weight excluding hydrogens is 597 g/mol. The summed E-state index contributed by atoms with van der Waals surface area (Å²) in [5.41, 5.74) is 2.30. The molecule has 0 aliphatic carbocycles. The number of likely N-dealkylation sites (N-methyl/N-ethyl adjacent to an activating group) is 1. The molecule has 1 fully saturated rings. The Labute approximate surface area is 283 Å². The van der Waals surface area contributed by atoms with Crippen molar-refractivity contribution in [3.63, 3.8) is 0 Å². The Morgan fingerprint density at radius 1 is 1.09 bits per heavy atom. The van der Waals surface area contributed by atoms with Gasteiger partial charge in [0.1, 0.15) is 18.0 Å². The van der Waals surface area contributed by atoms with Crippen LogP contribution in [0.2, 0.25) is 0 Å². The smallest absolute Gasteiger partial charge is 0.410 e. The third-order valence-corrected chi connectivity index (χ3v) is 9.50. The minimum absolute atomic E-state index is 0.0612. The lowest BCUT2D eigenvalue weighted by Gasteiger charge is -2.37. The van der Waals surface area contributed by atoms with Crippen LogP contribution in [-0.4, -0.2) is 90.6 Å². The Balaban J connectivity index is 1.92. The molecule has 0 radical (unpaired) electrons. The number of cyclic esters (lactones) is 1. The molecule has 2 aliphatic heterocycles. The Kier molecular flexibility index (Phi) is 15.2. The number of rotatable bonds is 10. The van der Waals surface area contributed by atoms with Gasteiger partial charge in [0.15, 0.2) is 0 Å². The molecule has 8 nitrogen and oxygen atoms in total. The molecule has 2 aliphatic rings. The molecule has 9 heteroatoms. The number of piperazine rings is 1. The third kappa shape index (κ3) is 11.6. The number of amides is 1. The lowest BCUT2D eigenvalue weighted by Crippen LogP contribution is -2.48. The lowest BCUT2D eigenvalue weighted by atomic mass is 9.91. The van der Waals surface area contributed by atoms with Crippen molar-refractivity contribution in [2.75, 3.05) is 38.1 Å². The number of carbonyl (C=O) groups excluding carboxylic acids is 2. The lowest BCUT2D eigenvalue weighted by molar-refractivity contribution is -0.151. The van der Waals surface area contributed by atoms with E-state index in [1.807, 2.05) is 52.1 Å². The predicted molar refractivity (Wildman–Crippen MR) is 188 cm³/mol. The van der Waals surface area contributed by atoms with E-state index in [0.717, 1.165) is 50.0 Å². The van der Waals surface area contributed by atoms with Crippen LogP contribution in [0.1, 0.15) is 99.0 Å². The zero-order chi connectivity index (χ0) is 34.7. The Hall–Kier alpha value is -2.91. The van der Waals surface area contributed by atoms with Crippen molar-refractivity contribution in [2.45, 2.75) is 124 Å². The highest BCUT2D eigenvalue weighted by Gasteiger charge is 2.29. The Morgan fingerprint density at radius 2 is 1.74 bits per heavy atom. The average molecular weight is 658 g/mol. The first-order chi connectivity index (χ1) is 22.3. The van der Waals surface area contributed by atoms with E-state index in [9.17, 15) is 14.7 Å². The molecule has 1 amide bonds. The van der Waals surface area contributed by atoms with Crippen molar-refractivity contribution >= 4 is 23.8 Å². The first-order valence-corrected chi connectivity index (χ1v) is 17.8. The fourth-order valence-corrected chi connectivity index (χ4v) is 6.82. The predicted octanol–water partition coefficient (Wildman–Crippen LogP) is 7.45. The maximum absolute atomic E-state index is 15.2. The number of nitrogens with zero attached hydrogens (tertiary/aromatic N) is 3. The first kappa shape index (κ1) is 38.5. The Bertz CT molecular complexity index is 1210. The van der Waals surface area contributed by atoms with E-state index in [1.165, 1.54) is 6.07 Å². The molecule has 1 aromatic rings. The highest BCUT2D eigenvalue weighted by atomic mass is 19.1. The first-order valence-electron chi connectivity index (χ1n) is 17.8. The molecule has 0 spiro atoms. The second-order valence-electron chi connectivity index (χ2n) is 14.1. The maximum Gasteiger partial charge on any atom is 0.410 e. The van der Waals surface area contributed by atoms with Crippen LogP contribution >= 0.6 is 0 Å². The molecule has 1 aromatic carbocycles. The minimum Gasteiger partial charge on any atom is -0.457 e. The van der Waals surface area contributed by atoms with Crippen LogP contribution in [0.4, 0.5) is 14.9 Å². The summed E-state index contributed by atoms with van der Waals surface area (Å²) in [6.45, 7) is 17.3. The van der Waals surface area contributed by atoms with E-state index in [1.54, 1.807) is 11.0 Å². The van der Waals surface area contributed by atoms with Gasteiger partial charge in [-0.1, -0.05) is 52.7 Å². The molecule has 0 unspecified atom stereocenters. The molecule has 3 rings (SSSR count). The van der Waals surface area contributed by atoms with E-state index < -0.39 is 24.3 Å². The molecule has 0 saturated carbocycles. The molecule has 0 bridgehead atoms. The molecule has 5 atom stereocenters. The van der Waals surface area contributed by atoms with Crippen molar-refractivity contribution in [3.05, 3.63) is 47.3 Å². The van der Waals surface area contributed by atoms with Crippen molar-refractivity contribution in [2.24, 2.45) is 11.8 Å². The van der Waals surface area contributed by atoms with Gasteiger partial charge in [-0.3, -0.25) is 4.79 Å². The van der Waals surface area contributed by atoms with Crippen molar-refractivity contribution in [1.82, 2.24) is 9.80 Å². The number of ether oxygens (including phenoxy) is 2. The summed E-state index contributed by atoms with van der Waals surface area (Å²) in [4.78, 5) is 32.4. The number of anilines is 1. The summed E-state index contributed by atoms with van der Waals surface area (Å²) >= 11 is 0. The average Bonchev–Trinajstić information content (AvgIpc) is 3.00. The molecule has 2 heterocycles.